The molecule has 0 saturated heterocycles. The number of sulfonamides is 1. The Morgan fingerprint density at radius 2 is 1.96 bits per heavy atom. The number of carbonyl (C=O) groups is 1. The molecule has 6 nitrogen and oxygen atoms in total. The number of fused-ring (bicyclic) bond motifs is 1. The number of nitrogens with zero attached hydrogens (tertiary/aromatic N) is 2. The van der Waals surface area contributed by atoms with Gasteiger partial charge in [-0.15, -0.1) is 0 Å². The molecule has 2 heterocycles. The van der Waals surface area contributed by atoms with Gasteiger partial charge in [-0.1, -0.05) is 11.6 Å². The quantitative estimate of drug-likeness (QED) is 0.879. The highest BCUT2D eigenvalue weighted by Gasteiger charge is 2.29. The molecule has 0 bridgehead atoms. The lowest BCUT2D eigenvalue weighted by Gasteiger charge is -2.31. The van der Waals surface area contributed by atoms with Crippen LogP contribution in [0.5, 0.6) is 0 Å². The molecule has 2 aromatic rings. The second-order valence-corrected chi connectivity index (χ2v) is 8.17. The molecule has 0 radical (unpaired) electrons. The molecule has 0 spiro atoms. The SMILES string of the molecule is CC(C)N1CCn2cc(S(=O)(=O)Nc3ccc(F)cc3Cl)cc2C1=O. The Kier molecular flexibility index (Phi) is 4.51. The maximum atomic E-state index is 13.1. The van der Waals surface area contributed by atoms with Crippen molar-refractivity contribution in [2.24, 2.45) is 0 Å². The van der Waals surface area contributed by atoms with Crippen molar-refractivity contribution in [1.29, 1.82) is 0 Å². The lowest BCUT2D eigenvalue weighted by Crippen LogP contribution is -2.43. The lowest BCUT2D eigenvalue weighted by molar-refractivity contribution is 0.0649. The molecule has 0 unspecified atom stereocenters. The van der Waals surface area contributed by atoms with E-state index in [-0.39, 0.29) is 27.6 Å². The number of carbonyl (C=O) groups excluding carboxylic acids is 1. The third kappa shape index (κ3) is 3.36. The number of benzene rings is 1. The monoisotopic (exact) mass is 385 g/mol. The Balaban J connectivity index is 1.92. The number of amides is 1. The first-order valence-corrected chi connectivity index (χ1v) is 9.54. The summed E-state index contributed by atoms with van der Waals surface area (Å²) in [4.78, 5) is 14.1. The summed E-state index contributed by atoms with van der Waals surface area (Å²) in [6.45, 7) is 4.86. The zero-order valence-electron chi connectivity index (χ0n) is 13.7. The van der Waals surface area contributed by atoms with Crippen molar-refractivity contribution < 1.29 is 17.6 Å². The molecule has 134 valence electrons. The first kappa shape index (κ1) is 17.8. The number of anilines is 1. The van der Waals surface area contributed by atoms with Gasteiger partial charge in [0.2, 0.25) is 0 Å². The molecule has 0 saturated carbocycles. The highest BCUT2D eigenvalue weighted by Crippen LogP contribution is 2.27. The summed E-state index contributed by atoms with van der Waals surface area (Å²) in [7, 11) is -3.95. The van der Waals surface area contributed by atoms with E-state index in [1.807, 2.05) is 13.8 Å². The van der Waals surface area contributed by atoms with Crippen LogP contribution in [0.2, 0.25) is 5.02 Å². The Hall–Kier alpha value is -2.06. The molecule has 1 aromatic carbocycles. The topological polar surface area (TPSA) is 71.4 Å². The molecule has 1 aromatic heterocycles. The average Bonchev–Trinajstić information content (AvgIpc) is 2.96. The molecule has 1 aliphatic rings. The summed E-state index contributed by atoms with van der Waals surface area (Å²) in [5.41, 5.74) is 0.396. The maximum absolute atomic E-state index is 13.1. The lowest BCUT2D eigenvalue weighted by atomic mass is 10.2. The number of halogens is 2. The van der Waals surface area contributed by atoms with Crippen LogP contribution in [0.15, 0.2) is 35.4 Å². The molecule has 0 atom stereocenters. The number of rotatable bonds is 4. The summed E-state index contributed by atoms with van der Waals surface area (Å²) in [6, 6.07) is 4.76. The molecular weight excluding hydrogens is 369 g/mol. The second-order valence-electron chi connectivity index (χ2n) is 6.08. The summed E-state index contributed by atoms with van der Waals surface area (Å²) in [5, 5.41) is -0.0467. The Bertz CT molecular complexity index is 940. The first-order chi connectivity index (χ1) is 11.7. The normalized spacial score (nSPS) is 14.8. The Morgan fingerprint density at radius 3 is 2.60 bits per heavy atom. The van der Waals surface area contributed by atoms with Crippen LogP contribution in [-0.2, 0) is 16.6 Å². The van der Waals surface area contributed by atoms with E-state index in [1.54, 1.807) is 9.47 Å². The van der Waals surface area contributed by atoms with Gasteiger partial charge in [-0.2, -0.15) is 0 Å². The van der Waals surface area contributed by atoms with Crippen molar-refractivity contribution in [1.82, 2.24) is 9.47 Å². The molecule has 1 N–H and O–H groups in total. The molecule has 25 heavy (non-hydrogen) atoms. The van der Waals surface area contributed by atoms with Crippen molar-refractivity contribution in [2.45, 2.75) is 31.3 Å². The van der Waals surface area contributed by atoms with Gasteiger partial charge in [0.15, 0.2) is 0 Å². The Morgan fingerprint density at radius 1 is 1.24 bits per heavy atom. The second kappa shape index (κ2) is 6.34. The van der Waals surface area contributed by atoms with Crippen molar-refractivity contribution in [3.63, 3.8) is 0 Å². The van der Waals surface area contributed by atoms with Gasteiger partial charge in [0, 0.05) is 25.3 Å². The van der Waals surface area contributed by atoms with Crippen LogP contribution in [0, 0.1) is 5.82 Å². The van der Waals surface area contributed by atoms with Crippen LogP contribution in [0.25, 0.3) is 0 Å². The van der Waals surface area contributed by atoms with Crippen molar-refractivity contribution in [3.05, 3.63) is 47.0 Å². The predicted molar refractivity (Wildman–Crippen MR) is 92.8 cm³/mol. The molecule has 1 amide bonds. The zero-order chi connectivity index (χ0) is 18.4. The zero-order valence-corrected chi connectivity index (χ0v) is 15.2. The fourth-order valence-electron chi connectivity index (χ4n) is 2.73. The molecule has 1 aliphatic heterocycles. The summed E-state index contributed by atoms with van der Waals surface area (Å²) in [5.74, 6) is -0.769. The molecule has 9 heteroatoms. The van der Waals surface area contributed by atoms with E-state index in [0.29, 0.717) is 18.8 Å². The van der Waals surface area contributed by atoms with Gasteiger partial charge < -0.3 is 9.47 Å². The van der Waals surface area contributed by atoms with Crippen LogP contribution in [0.3, 0.4) is 0 Å². The molecule has 0 aliphatic carbocycles. The summed E-state index contributed by atoms with van der Waals surface area (Å²) >= 11 is 5.87. The maximum Gasteiger partial charge on any atom is 0.270 e. The minimum atomic E-state index is -3.95. The highest BCUT2D eigenvalue weighted by atomic mass is 35.5. The third-order valence-corrected chi connectivity index (χ3v) is 5.69. The van der Waals surface area contributed by atoms with Crippen LogP contribution in [-0.4, -0.2) is 36.4 Å². The minimum absolute atomic E-state index is 0.0346. The molecule has 0 fully saturated rings. The van der Waals surface area contributed by atoms with Crippen molar-refractivity contribution in [2.75, 3.05) is 11.3 Å². The van der Waals surface area contributed by atoms with E-state index >= 15 is 0 Å². The predicted octanol–water partition coefficient (Wildman–Crippen LogP) is 2.95. The minimum Gasteiger partial charge on any atom is -0.340 e. The summed E-state index contributed by atoms with van der Waals surface area (Å²) in [6.07, 6.45) is 1.42. The molecule has 3 rings (SSSR count). The summed E-state index contributed by atoms with van der Waals surface area (Å²) < 4.78 is 42.2. The number of nitrogens with one attached hydrogen (secondary N) is 1. The smallest absolute Gasteiger partial charge is 0.270 e. The average molecular weight is 386 g/mol. The standard InChI is InChI=1S/C16H17ClFN3O3S/c1-10(2)21-6-5-20-9-12(8-15(20)16(21)22)25(23,24)19-14-4-3-11(18)7-13(14)17/h3-4,7-10,19H,5-6H2,1-2H3. The van der Waals surface area contributed by atoms with Crippen LogP contribution >= 0.6 is 11.6 Å². The van der Waals surface area contributed by atoms with E-state index in [1.165, 1.54) is 18.3 Å². The third-order valence-electron chi connectivity index (χ3n) is 4.04. The van der Waals surface area contributed by atoms with Gasteiger partial charge in [-0.05, 0) is 38.1 Å². The van der Waals surface area contributed by atoms with Gasteiger partial charge >= 0.3 is 0 Å². The van der Waals surface area contributed by atoms with E-state index in [4.69, 9.17) is 11.6 Å². The van der Waals surface area contributed by atoms with E-state index in [9.17, 15) is 17.6 Å². The Labute approximate surface area is 150 Å². The van der Waals surface area contributed by atoms with Gasteiger partial charge in [-0.3, -0.25) is 9.52 Å². The highest BCUT2D eigenvalue weighted by molar-refractivity contribution is 7.92. The molecular formula is C16H17ClFN3O3S. The van der Waals surface area contributed by atoms with E-state index in [2.05, 4.69) is 4.72 Å². The van der Waals surface area contributed by atoms with Crippen molar-refractivity contribution in [3.8, 4) is 0 Å². The largest absolute Gasteiger partial charge is 0.340 e. The van der Waals surface area contributed by atoms with Crippen LogP contribution in [0.1, 0.15) is 24.3 Å². The van der Waals surface area contributed by atoms with Gasteiger partial charge in [-0.25, -0.2) is 12.8 Å². The van der Waals surface area contributed by atoms with Gasteiger partial charge in [0.25, 0.3) is 15.9 Å². The number of aromatic nitrogens is 1. The van der Waals surface area contributed by atoms with Crippen LogP contribution in [0.4, 0.5) is 10.1 Å². The van der Waals surface area contributed by atoms with Gasteiger partial charge in [0.1, 0.15) is 16.4 Å². The first-order valence-electron chi connectivity index (χ1n) is 7.68. The van der Waals surface area contributed by atoms with Gasteiger partial charge in [0.05, 0.1) is 10.7 Å². The number of hydrogen-bond acceptors (Lipinski definition) is 3. The van der Waals surface area contributed by atoms with E-state index < -0.39 is 15.8 Å². The fourth-order valence-corrected chi connectivity index (χ4v) is 4.12. The van der Waals surface area contributed by atoms with E-state index in [0.717, 1.165) is 12.1 Å². The van der Waals surface area contributed by atoms with Crippen LogP contribution < -0.4 is 4.72 Å². The fraction of sp³-hybridized carbons (Fsp3) is 0.312. The van der Waals surface area contributed by atoms with Crippen molar-refractivity contribution >= 4 is 33.2 Å². The number of hydrogen-bond donors (Lipinski definition) is 1.